The molecule has 0 radical (unpaired) electrons. The van der Waals surface area contributed by atoms with Crippen molar-refractivity contribution in [3.8, 4) is 0 Å². The van der Waals surface area contributed by atoms with Crippen molar-refractivity contribution in [2.45, 2.75) is 25.8 Å². The Morgan fingerprint density at radius 2 is 1.69 bits per heavy atom. The Balaban J connectivity index is 1.58. The fraction of sp³-hybridized carbons (Fsp3) is 0.125. The summed E-state index contributed by atoms with van der Waals surface area (Å²) in [4.78, 5) is 1.45. The van der Waals surface area contributed by atoms with Gasteiger partial charge in [0.1, 0.15) is 0 Å². The van der Waals surface area contributed by atoms with E-state index in [4.69, 9.17) is 0 Å². The molecule has 0 saturated carbocycles. The third-order valence-electron chi connectivity index (χ3n) is 7.68. The summed E-state index contributed by atoms with van der Waals surface area (Å²) in [6, 6.07) is 20.7. The third-order valence-corrected chi connectivity index (χ3v) is 10.3. The standard InChI is InChI=1S/C32H23NS2/c1-19-31-25(21-12-5-6-16-27(21)34-31)14-8-10-20-9-7-13-23-24-17-18-26-22-11-3-2-4-15-28(22)35-32(26)30(24)33(19)29(20)23/h2-3,5-9,11-19H,4,10H2,1H3/b14-8-. The van der Waals surface area contributed by atoms with E-state index in [0.29, 0.717) is 0 Å². The van der Waals surface area contributed by atoms with Crippen LogP contribution < -0.4 is 9.75 Å². The first-order chi connectivity index (χ1) is 17.3. The highest BCUT2D eigenvalue weighted by Crippen LogP contribution is 2.44. The summed E-state index contributed by atoms with van der Waals surface area (Å²) in [7, 11) is 0. The molecule has 3 heteroatoms. The molecule has 1 atom stereocenters. The minimum atomic E-state index is 0.242. The average Bonchev–Trinajstić information content (AvgIpc) is 3.48. The Bertz CT molecular complexity index is 2020. The number of fused-ring (bicyclic) bond motifs is 10. The lowest BCUT2D eigenvalue weighted by atomic mass is 10.0. The van der Waals surface area contributed by atoms with Gasteiger partial charge in [-0.05, 0) is 37.0 Å². The maximum Gasteiger partial charge on any atom is 0.0679 e. The van der Waals surface area contributed by atoms with Crippen LogP contribution in [-0.2, 0) is 6.42 Å². The summed E-state index contributed by atoms with van der Waals surface area (Å²) in [5.74, 6) is 0. The summed E-state index contributed by atoms with van der Waals surface area (Å²) in [5, 5.41) is 6.88. The molecule has 0 N–H and O–H groups in total. The van der Waals surface area contributed by atoms with Crippen LogP contribution in [0.5, 0.6) is 0 Å². The van der Waals surface area contributed by atoms with Crippen LogP contribution in [0.25, 0.3) is 60.2 Å². The number of para-hydroxylation sites is 1. The lowest BCUT2D eigenvalue weighted by Gasteiger charge is -2.18. The lowest BCUT2D eigenvalue weighted by Crippen LogP contribution is -2.17. The Hall–Kier alpha value is -3.40. The first-order valence-corrected chi connectivity index (χ1v) is 13.9. The zero-order valence-corrected chi connectivity index (χ0v) is 21.0. The number of benzene rings is 3. The normalized spacial score (nSPS) is 17.9. The maximum atomic E-state index is 2.68. The third kappa shape index (κ3) is 2.68. The minimum absolute atomic E-state index is 0.242. The van der Waals surface area contributed by atoms with E-state index in [1.165, 1.54) is 67.7 Å². The van der Waals surface area contributed by atoms with Gasteiger partial charge in [-0.15, -0.1) is 22.7 Å². The SMILES string of the molecule is CC1c2sc3ccccc3c2/C=C\Cc2cccc3c4ccc5c6c(sc5c4n1c23)=CCC=CC=6. The Labute approximate surface area is 211 Å². The fourth-order valence-corrected chi connectivity index (χ4v) is 8.64. The molecule has 1 nitrogen and oxygen atoms in total. The summed E-state index contributed by atoms with van der Waals surface area (Å²) >= 11 is 3.92. The highest BCUT2D eigenvalue weighted by atomic mass is 32.1. The van der Waals surface area contributed by atoms with Crippen molar-refractivity contribution >= 4 is 82.9 Å². The van der Waals surface area contributed by atoms with E-state index in [-0.39, 0.29) is 6.04 Å². The second-order valence-electron chi connectivity index (χ2n) is 9.59. The summed E-state index contributed by atoms with van der Waals surface area (Å²) in [5.41, 5.74) is 5.59. The van der Waals surface area contributed by atoms with Gasteiger partial charge in [0.15, 0.2) is 0 Å². The van der Waals surface area contributed by atoms with E-state index >= 15 is 0 Å². The summed E-state index contributed by atoms with van der Waals surface area (Å²) in [6.07, 6.45) is 15.8. The van der Waals surface area contributed by atoms with Crippen LogP contribution in [0.4, 0.5) is 0 Å². The van der Waals surface area contributed by atoms with Gasteiger partial charge in [0.05, 0.1) is 21.8 Å². The Morgan fingerprint density at radius 1 is 0.829 bits per heavy atom. The quantitative estimate of drug-likeness (QED) is 0.206. The number of thiophene rings is 2. The van der Waals surface area contributed by atoms with Crippen LogP contribution in [0.15, 0.2) is 72.8 Å². The van der Waals surface area contributed by atoms with Gasteiger partial charge < -0.3 is 4.57 Å². The Kier molecular flexibility index (Phi) is 4.14. The van der Waals surface area contributed by atoms with Gasteiger partial charge in [0.2, 0.25) is 0 Å². The second kappa shape index (κ2) is 7.30. The number of aromatic nitrogens is 1. The van der Waals surface area contributed by atoms with Crippen molar-refractivity contribution in [1.82, 2.24) is 4.57 Å². The molecule has 0 saturated heterocycles. The van der Waals surface area contributed by atoms with Gasteiger partial charge in [0.25, 0.3) is 0 Å². The number of allylic oxidation sites excluding steroid dienone is 3. The number of hydrogen-bond donors (Lipinski definition) is 0. The number of rotatable bonds is 0. The minimum Gasteiger partial charge on any atom is -0.331 e. The molecule has 2 aliphatic rings. The molecule has 1 unspecified atom stereocenters. The first kappa shape index (κ1) is 19.9. The molecule has 168 valence electrons. The van der Waals surface area contributed by atoms with Gasteiger partial charge in [-0.1, -0.05) is 85.0 Å². The molecular formula is C32H23NS2. The maximum absolute atomic E-state index is 2.68. The number of hydrogen-bond acceptors (Lipinski definition) is 2. The molecule has 0 fully saturated rings. The van der Waals surface area contributed by atoms with Crippen molar-refractivity contribution in [2.75, 3.05) is 0 Å². The van der Waals surface area contributed by atoms with Crippen LogP contribution in [0.1, 0.15) is 35.4 Å². The smallest absolute Gasteiger partial charge is 0.0679 e. The molecule has 0 spiro atoms. The second-order valence-corrected chi connectivity index (χ2v) is 11.7. The fourth-order valence-electron chi connectivity index (χ4n) is 6.13. The van der Waals surface area contributed by atoms with Gasteiger partial charge in [-0.3, -0.25) is 0 Å². The molecule has 8 rings (SSSR count). The van der Waals surface area contributed by atoms with Gasteiger partial charge in [-0.25, -0.2) is 0 Å². The van der Waals surface area contributed by atoms with Crippen LogP contribution in [0, 0.1) is 0 Å². The van der Waals surface area contributed by atoms with Crippen LogP contribution in [0.3, 0.4) is 0 Å². The van der Waals surface area contributed by atoms with E-state index in [9.17, 15) is 0 Å². The molecule has 1 aliphatic carbocycles. The topological polar surface area (TPSA) is 4.93 Å². The monoisotopic (exact) mass is 485 g/mol. The van der Waals surface area contributed by atoms with Crippen molar-refractivity contribution in [2.24, 2.45) is 0 Å². The molecule has 3 aromatic carbocycles. The average molecular weight is 486 g/mol. The van der Waals surface area contributed by atoms with Crippen molar-refractivity contribution < 1.29 is 0 Å². The summed E-state index contributed by atoms with van der Waals surface area (Å²) in [6.45, 7) is 2.40. The van der Waals surface area contributed by atoms with Gasteiger partial charge in [-0.2, -0.15) is 0 Å². The van der Waals surface area contributed by atoms with E-state index in [1.807, 2.05) is 22.7 Å². The zero-order valence-electron chi connectivity index (χ0n) is 19.4. The van der Waals surface area contributed by atoms with E-state index in [0.717, 1.165) is 12.8 Å². The zero-order chi connectivity index (χ0) is 23.1. The van der Waals surface area contributed by atoms with Gasteiger partial charge in [0, 0.05) is 40.9 Å². The lowest BCUT2D eigenvalue weighted by molar-refractivity contribution is 0.698. The molecule has 4 heterocycles. The van der Waals surface area contributed by atoms with Gasteiger partial charge >= 0.3 is 0 Å². The van der Waals surface area contributed by atoms with E-state index < -0.39 is 0 Å². The first-order valence-electron chi connectivity index (χ1n) is 12.3. The largest absolute Gasteiger partial charge is 0.331 e. The molecular weight excluding hydrogens is 462 g/mol. The number of nitrogens with zero attached hydrogens (tertiary/aromatic N) is 1. The van der Waals surface area contributed by atoms with Crippen LogP contribution in [-0.4, -0.2) is 4.57 Å². The van der Waals surface area contributed by atoms with Crippen LogP contribution in [0.2, 0.25) is 0 Å². The molecule has 3 aromatic heterocycles. The highest BCUT2D eigenvalue weighted by molar-refractivity contribution is 7.19. The summed E-state index contributed by atoms with van der Waals surface area (Å²) < 4.78 is 6.87. The predicted molar refractivity (Wildman–Crippen MR) is 155 cm³/mol. The Morgan fingerprint density at radius 3 is 2.66 bits per heavy atom. The molecule has 35 heavy (non-hydrogen) atoms. The highest BCUT2D eigenvalue weighted by Gasteiger charge is 2.25. The molecule has 0 bridgehead atoms. The van der Waals surface area contributed by atoms with Crippen molar-refractivity contribution in [1.29, 1.82) is 0 Å². The van der Waals surface area contributed by atoms with Crippen molar-refractivity contribution in [3.63, 3.8) is 0 Å². The molecule has 1 aliphatic heterocycles. The molecule has 6 aromatic rings. The molecule has 0 amide bonds. The van der Waals surface area contributed by atoms with Crippen LogP contribution >= 0.6 is 22.7 Å². The van der Waals surface area contributed by atoms with Crippen molar-refractivity contribution in [3.05, 3.63) is 98.6 Å². The van der Waals surface area contributed by atoms with E-state index in [2.05, 4.69) is 103 Å². The van der Waals surface area contributed by atoms with E-state index in [1.54, 1.807) is 0 Å². The predicted octanol–water partition coefficient (Wildman–Crippen LogP) is 7.92.